The van der Waals surface area contributed by atoms with Crippen LogP contribution >= 0.6 is 0 Å². The van der Waals surface area contributed by atoms with Gasteiger partial charge in [-0.25, -0.2) is 18.4 Å². The van der Waals surface area contributed by atoms with Crippen LogP contribution in [-0.2, 0) is 10.0 Å². The van der Waals surface area contributed by atoms with E-state index in [4.69, 9.17) is 0 Å². The van der Waals surface area contributed by atoms with Crippen molar-refractivity contribution in [1.29, 1.82) is 0 Å². The maximum atomic E-state index is 12.2. The molecular formula is C10H19N5O2S. The maximum absolute atomic E-state index is 12.2. The summed E-state index contributed by atoms with van der Waals surface area (Å²) in [5, 5.41) is 2.74. The van der Waals surface area contributed by atoms with Gasteiger partial charge >= 0.3 is 0 Å². The van der Waals surface area contributed by atoms with Gasteiger partial charge in [0.05, 0.1) is 12.4 Å². The lowest BCUT2D eigenvalue weighted by molar-refractivity contribution is 0.358. The van der Waals surface area contributed by atoms with Crippen LogP contribution in [-0.4, -0.2) is 68.9 Å². The summed E-state index contributed by atoms with van der Waals surface area (Å²) < 4.78 is 25.6. The maximum Gasteiger partial charge on any atom is 0.245 e. The zero-order valence-corrected chi connectivity index (χ0v) is 11.9. The Labute approximate surface area is 108 Å². The molecule has 102 valence electrons. The van der Waals surface area contributed by atoms with Gasteiger partial charge in [-0.15, -0.1) is 0 Å². The first-order valence-electron chi connectivity index (χ1n) is 5.49. The van der Waals surface area contributed by atoms with Crippen molar-refractivity contribution in [3.8, 4) is 0 Å². The summed E-state index contributed by atoms with van der Waals surface area (Å²) >= 11 is 0. The van der Waals surface area contributed by atoms with Gasteiger partial charge in [-0.1, -0.05) is 0 Å². The molecule has 0 aliphatic carbocycles. The zero-order valence-electron chi connectivity index (χ0n) is 11.1. The Morgan fingerprint density at radius 1 is 1.17 bits per heavy atom. The first kappa shape index (κ1) is 14.8. The summed E-state index contributed by atoms with van der Waals surface area (Å²) in [7, 11) is 3.50. The molecule has 1 N–H and O–H groups in total. The van der Waals surface area contributed by atoms with Gasteiger partial charge in [0.15, 0.2) is 0 Å². The van der Waals surface area contributed by atoms with E-state index in [0.717, 1.165) is 0 Å². The SMILES string of the molecule is CNc1ncc(S(=O)(=O)N(C)CCN(C)C)cn1. The van der Waals surface area contributed by atoms with Gasteiger partial charge in [0.25, 0.3) is 0 Å². The highest BCUT2D eigenvalue weighted by molar-refractivity contribution is 7.89. The predicted molar refractivity (Wildman–Crippen MR) is 69.9 cm³/mol. The minimum absolute atomic E-state index is 0.0998. The second-order valence-corrected chi connectivity index (χ2v) is 6.17. The van der Waals surface area contributed by atoms with Crippen molar-refractivity contribution in [2.75, 3.05) is 46.6 Å². The van der Waals surface area contributed by atoms with Crippen LogP contribution in [0.25, 0.3) is 0 Å². The molecule has 0 spiro atoms. The van der Waals surface area contributed by atoms with Crippen LogP contribution in [0.15, 0.2) is 17.3 Å². The number of sulfonamides is 1. The number of hydrogen-bond donors (Lipinski definition) is 1. The third kappa shape index (κ3) is 3.62. The fourth-order valence-electron chi connectivity index (χ4n) is 1.22. The first-order chi connectivity index (χ1) is 8.37. The topological polar surface area (TPSA) is 78.4 Å². The molecule has 0 amide bonds. The van der Waals surface area contributed by atoms with Crippen LogP contribution in [0.2, 0.25) is 0 Å². The average molecular weight is 273 g/mol. The van der Waals surface area contributed by atoms with Crippen LogP contribution in [0.4, 0.5) is 5.95 Å². The third-order valence-electron chi connectivity index (χ3n) is 2.42. The van der Waals surface area contributed by atoms with E-state index in [-0.39, 0.29) is 4.90 Å². The molecular weight excluding hydrogens is 254 g/mol. The largest absolute Gasteiger partial charge is 0.357 e. The highest BCUT2D eigenvalue weighted by atomic mass is 32.2. The Morgan fingerprint density at radius 2 is 1.72 bits per heavy atom. The van der Waals surface area contributed by atoms with Gasteiger partial charge in [0, 0.05) is 27.2 Å². The predicted octanol–water partition coefficient (Wildman–Crippen LogP) is -0.300. The smallest absolute Gasteiger partial charge is 0.245 e. The molecule has 0 atom stereocenters. The van der Waals surface area contributed by atoms with Crippen molar-refractivity contribution in [2.24, 2.45) is 0 Å². The molecule has 0 aromatic carbocycles. The average Bonchev–Trinajstić information content (AvgIpc) is 2.35. The van der Waals surface area contributed by atoms with E-state index in [1.807, 2.05) is 19.0 Å². The van der Waals surface area contributed by atoms with Crippen molar-refractivity contribution in [2.45, 2.75) is 4.90 Å². The molecule has 0 bridgehead atoms. The molecule has 7 nitrogen and oxygen atoms in total. The molecule has 0 saturated carbocycles. The van der Waals surface area contributed by atoms with E-state index in [1.165, 1.54) is 16.7 Å². The second kappa shape index (κ2) is 6.07. The van der Waals surface area contributed by atoms with E-state index in [9.17, 15) is 8.42 Å². The molecule has 0 saturated heterocycles. The fourth-order valence-corrected chi connectivity index (χ4v) is 2.27. The number of nitrogens with one attached hydrogen (secondary N) is 1. The summed E-state index contributed by atoms with van der Waals surface area (Å²) in [5.74, 6) is 0.393. The molecule has 1 aromatic rings. The van der Waals surface area contributed by atoms with Crippen molar-refractivity contribution >= 4 is 16.0 Å². The summed E-state index contributed by atoms with van der Waals surface area (Å²) in [6, 6.07) is 0. The minimum Gasteiger partial charge on any atom is -0.357 e. The van der Waals surface area contributed by atoms with E-state index in [2.05, 4.69) is 15.3 Å². The van der Waals surface area contributed by atoms with Crippen LogP contribution in [0, 0.1) is 0 Å². The molecule has 0 unspecified atom stereocenters. The number of hydrogen-bond acceptors (Lipinski definition) is 6. The van der Waals surface area contributed by atoms with Gasteiger partial charge < -0.3 is 10.2 Å². The summed E-state index contributed by atoms with van der Waals surface area (Å²) in [4.78, 5) is 9.83. The molecule has 0 aliphatic rings. The van der Waals surface area contributed by atoms with Crippen LogP contribution < -0.4 is 5.32 Å². The lowest BCUT2D eigenvalue weighted by atomic mass is 10.6. The van der Waals surface area contributed by atoms with Crippen LogP contribution in [0.5, 0.6) is 0 Å². The van der Waals surface area contributed by atoms with Crippen molar-refractivity contribution in [1.82, 2.24) is 19.2 Å². The molecule has 1 rings (SSSR count). The van der Waals surface area contributed by atoms with Gasteiger partial charge in [-0.3, -0.25) is 0 Å². The van der Waals surface area contributed by atoms with Gasteiger partial charge in [0.2, 0.25) is 16.0 Å². The molecule has 1 heterocycles. The first-order valence-corrected chi connectivity index (χ1v) is 6.93. The van der Waals surface area contributed by atoms with Gasteiger partial charge in [-0.2, -0.15) is 4.31 Å². The van der Waals surface area contributed by atoms with E-state index in [0.29, 0.717) is 19.0 Å². The fraction of sp³-hybridized carbons (Fsp3) is 0.600. The molecule has 18 heavy (non-hydrogen) atoms. The number of nitrogens with zero attached hydrogens (tertiary/aromatic N) is 4. The highest BCUT2D eigenvalue weighted by Crippen LogP contribution is 2.12. The molecule has 0 fully saturated rings. The third-order valence-corrected chi connectivity index (χ3v) is 4.23. The Hall–Kier alpha value is -1.25. The zero-order chi connectivity index (χ0) is 13.8. The summed E-state index contributed by atoms with van der Waals surface area (Å²) in [6.07, 6.45) is 2.61. The van der Waals surface area contributed by atoms with Gasteiger partial charge in [0.1, 0.15) is 4.90 Å². The number of aromatic nitrogens is 2. The van der Waals surface area contributed by atoms with E-state index < -0.39 is 10.0 Å². The normalized spacial score (nSPS) is 12.1. The quantitative estimate of drug-likeness (QED) is 0.767. The minimum atomic E-state index is -3.51. The van der Waals surface area contributed by atoms with Crippen molar-refractivity contribution in [3.05, 3.63) is 12.4 Å². The monoisotopic (exact) mass is 273 g/mol. The molecule has 8 heteroatoms. The van der Waals surface area contributed by atoms with E-state index >= 15 is 0 Å². The number of anilines is 1. The van der Waals surface area contributed by atoms with Crippen LogP contribution in [0.1, 0.15) is 0 Å². The van der Waals surface area contributed by atoms with E-state index in [1.54, 1.807) is 14.1 Å². The van der Waals surface area contributed by atoms with Crippen LogP contribution in [0.3, 0.4) is 0 Å². The molecule has 1 aromatic heterocycles. The second-order valence-electron chi connectivity index (χ2n) is 4.12. The molecule has 0 aliphatic heterocycles. The Bertz CT molecular complexity index is 472. The van der Waals surface area contributed by atoms with Crippen molar-refractivity contribution in [3.63, 3.8) is 0 Å². The molecule has 0 radical (unpaired) electrons. The lowest BCUT2D eigenvalue weighted by Gasteiger charge is -2.19. The standard InChI is InChI=1S/C10H19N5O2S/c1-11-10-12-7-9(8-13-10)18(16,17)15(4)6-5-14(2)3/h7-8H,5-6H2,1-4H3,(H,11,12,13). The Balaban J connectivity index is 2.84. The highest BCUT2D eigenvalue weighted by Gasteiger charge is 2.21. The summed E-state index contributed by atoms with van der Waals surface area (Å²) in [6.45, 7) is 1.08. The Morgan fingerprint density at radius 3 is 2.17 bits per heavy atom. The Kier molecular flexibility index (Phi) is 5.00. The van der Waals surface area contributed by atoms with Gasteiger partial charge in [-0.05, 0) is 14.1 Å². The number of rotatable bonds is 6. The summed E-state index contributed by atoms with van der Waals surface area (Å²) in [5.41, 5.74) is 0. The van der Waals surface area contributed by atoms with Crippen molar-refractivity contribution < 1.29 is 8.42 Å². The number of likely N-dealkylation sites (N-methyl/N-ethyl adjacent to an activating group) is 2. The lowest BCUT2D eigenvalue weighted by Crippen LogP contribution is -2.33.